The van der Waals surface area contributed by atoms with Crippen LogP contribution in [0.15, 0.2) is 23.1 Å². The van der Waals surface area contributed by atoms with Gasteiger partial charge in [0.1, 0.15) is 5.56 Å². The maximum absolute atomic E-state index is 12.8. The summed E-state index contributed by atoms with van der Waals surface area (Å²) in [5, 5.41) is 2.91. The number of nitrogens with zero attached hydrogens (tertiary/aromatic N) is 6. The Hall–Kier alpha value is -3.23. The Kier molecular flexibility index (Phi) is 4.14. The zero-order valence-electron chi connectivity index (χ0n) is 15.6. The van der Waals surface area contributed by atoms with E-state index in [1.54, 1.807) is 11.0 Å². The molecule has 0 aromatic carbocycles. The van der Waals surface area contributed by atoms with Gasteiger partial charge in [-0.15, -0.1) is 0 Å². The van der Waals surface area contributed by atoms with Crippen molar-refractivity contribution in [3.63, 3.8) is 0 Å². The first kappa shape index (κ1) is 17.2. The Morgan fingerprint density at radius 2 is 1.70 bits per heavy atom. The van der Waals surface area contributed by atoms with Gasteiger partial charge in [-0.2, -0.15) is 0 Å². The first-order chi connectivity index (χ1) is 12.9. The second-order valence-electron chi connectivity index (χ2n) is 6.84. The predicted octanol–water partition coefficient (Wildman–Crippen LogP) is 0.700. The summed E-state index contributed by atoms with van der Waals surface area (Å²) in [6.07, 6.45) is 1.37. The molecule has 0 spiro atoms. The van der Waals surface area contributed by atoms with E-state index < -0.39 is 0 Å². The monoisotopic (exact) mass is 367 g/mol. The topological polar surface area (TPSA) is 99.5 Å². The molecule has 9 nitrogen and oxygen atoms in total. The van der Waals surface area contributed by atoms with Crippen LogP contribution in [-0.2, 0) is 0 Å². The summed E-state index contributed by atoms with van der Waals surface area (Å²) in [6, 6.07) is 3.69. The van der Waals surface area contributed by atoms with Gasteiger partial charge >= 0.3 is 0 Å². The van der Waals surface area contributed by atoms with Gasteiger partial charge in [0.2, 0.25) is 5.95 Å². The number of rotatable bonds is 2. The van der Waals surface area contributed by atoms with Crippen molar-refractivity contribution in [3.8, 4) is 0 Å². The molecule has 1 N–H and O–H groups in total. The quantitative estimate of drug-likeness (QED) is 0.716. The van der Waals surface area contributed by atoms with E-state index in [-0.39, 0.29) is 17.0 Å². The van der Waals surface area contributed by atoms with Crippen LogP contribution in [0.4, 0.5) is 5.95 Å². The second kappa shape index (κ2) is 6.49. The number of anilines is 1. The van der Waals surface area contributed by atoms with E-state index in [1.807, 2.05) is 26.8 Å². The highest BCUT2D eigenvalue weighted by Gasteiger charge is 2.26. The molecule has 4 rings (SSSR count). The number of carbonyl (C=O) groups is 1. The van der Waals surface area contributed by atoms with Crippen LogP contribution in [0.5, 0.6) is 0 Å². The highest BCUT2D eigenvalue weighted by atomic mass is 16.2. The molecule has 1 aliphatic rings. The molecule has 0 atom stereocenters. The van der Waals surface area contributed by atoms with Crippen molar-refractivity contribution in [2.24, 2.45) is 0 Å². The third-order valence-corrected chi connectivity index (χ3v) is 4.67. The number of carbonyl (C=O) groups excluding carboxylic acids is 1. The molecular weight excluding hydrogens is 346 g/mol. The molecule has 3 aromatic heterocycles. The van der Waals surface area contributed by atoms with Crippen LogP contribution in [0, 0.1) is 20.8 Å². The van der Waals surface area contributed by atoms with Crippen LogP contribution < -0.4 is 10.5 Å². The zero-order chi connectivity index (χ0) is 19.1. The minimum Gasteiger partial charge on any atom is -0.337 e. The Morgan fingerprint density at radius 3 is 2.37 bits per heavy atom. The van der Waals surface area contributed by atoms with Crippen LogP contribution in [0.2, 0.25) is 0 Å². The minimum atomic E-state index is -0.377. The molecular formula is C18H21N7O2. The van der Waals surface area contributed by atoms with Crippen molar-refractivity contribution < 1.29 is 4.79 Å². The molecule has 0 unspecified atom stereocenters. The number of hydrogen-bond donors (Lipinski definition) is 1. The highest BCUT2D eigenvalue weighted by Crippen LogP contribution is 2.14. The van der Waals surface area contributed by atoms with E-state index in [1.165, 1.54) is 10.7 Å². The van der Waals surface area contributed by atoms with Gasteiger partial charge < -0.3 is 9.80 Å². The van der Waals surface area contributed by atoms with E-state index in [9.17, 15) is 9.59 Å². The van der Waals surface area contributed by atoms with Crippen molar-refractivity contribution in [3.05, 3.63) is 51.3 Å². The number of piperazine rings is 1. The summed E-state index contributed by atoms with van der Waals surface area (Å²) < 4.78 is 1.31. The number of H-pyrrole nitrogens is 1. The molecule has 1 aliphatic heterocycles. The molecule has 140 valence electrons. The van der Waals surface area contributed by atoms with Crippen LogP contribution in [0.1, 0.15) is 27.4 Å². The molecule has 4 heterocycles. The fourth-order valence-electron chi connectivity index (χ4n) is 3.36. The fraction of sp³-hybridized carbons (Fsp3) is 0.389. The molecule has 3 aromatic rings. The van der Waals surface area contributed by atoms with E-state index in [2.05, 4.69) is 25.0 Å². The summed E-state index contributed by atoms with van der Waals surface area (Å²) in [5.41, 5.74) is 2.86. The molecule has 27 heavy (non-hydrogen) atoms. The summed E-state index contributed by atoms with van der Waals surface area (Å²) in [6.45, 7) is 7.96. The normalized spacial score (nSPS) is 14.8. The van der Waals surface area contributed by atoms with Crippen molar-refractivity contribution in [2.75, 3.05) is 31.1 Å². The standard InChI is InChI=1S/C18H21N7O2/c1-11-8-12(2)21-18(20-11)24-6-4-23(5-7-24)16(26)14-10-19-15-9-13(3)22-25(15)17(14)27/h8-10,22H,4-7H2,1-3H3. The van der Waals surface area contributed by atoms with Crippen molar-refractivity contribution in [2.45, 2.75) is 20.8 Å². The number of aromatic nitrogens is 5. The van der Waals surface area contributed by atoms with Crippen LogP contribution >= 0.6 is 0 Å². The lowest BCUT2D eigenvalue weighted by atomic mass is 10.2. The Balaban J connectivity index is 1.52. The molecule has 0 saturated carbocycles. The van der Waals surface area contributed by atoms with Gasteiger partial charge in [-0.05, 0) is 26.8 Å². The van der Waals surface area contributed by atoms with Gasteiger partial charge in [-0.1, -0.05) is 0 Å². The van der Waals surface area contributed by atoms with Crippen molar-refractivity contribution in [1.29, 1.82) is 0 Å². The highest BCUT2D eigenvalue weighted by molar-refractivity contribution is 5.94. The smallest absolute Gasteiger partial charge is 0.285 e. The van der Waals surface area contributed by atoms with Gasteiger partial charge in [0, 0.05) is 55.5 Å². The van der Waals surface area contributed by atoms with E-state index in [4.69, 9.17) is 0 Å². The number of nitrogens with one attached hydrogen (secondary N) is 1. The molecule has 0 aliphatic carbocycles. The fourth-order valence-corrected chi connectivity index (χ4v) is 3.36. The van der Waals surface area contributed by atoms with E-state index in [0.717, 1.165) is 17.1 Å². The lowest BCUT2D eigenvalue weighted by molar-refractivity contribution is 0.0743. The summed E-state index contributed by atoms with van der Waals surface area (Å²) in [4.78, 5) is 42.3. The summed E-state index contributed by atoms with van der Waals surface area (Å²) >= 11 is 0. The van der Waals surface area contributed by atoms with Gasteiger partial charge in [0.25, 0.3) is 11.5 Å². The molecule has 9 heteroatoms. The first-order valence-corrected chi connectivity index (χ1v) is 8.86. The first-order valence-electron chi connectivity index (χ1n) is 8.86. The summed E-state index contributed by atoms with van der Waals surface area (Å²) in [5.74, 6) is 0.389. The maximum atomic E-state index is 12.8. The molecule has 0 radical (unpaired) electrons. The summed E-state index contributed by atoms with van der Waals surface area (Å²) in [7, 11) is 0. The van der Waals surface area contributed by atoms with Gasteiger partial charge in [0.05, 0.1) is 0 Å². The zero-order valence-corrected chi connectivity index (χ0v) is 15.6. The van der Waals surface area contributed by atoms with Crippen molar-refractivity contribution >= 4 is 17.5 Å². The van der Waals surface area contributed by atoms with Crippen LogP contribution in [-0.4, -0.2) is 61.6 Å². The third-order valence-electron chi connectivity index (χ3n) is 4.67. The van der Waals surface area contributed by atoms with E-state index in [0.29, 0.717) is 37.8 Å². The lowest BCUT2D eigenvalue weighted by Gasteiger charge is -2.34. The third kappa shape index (κ3) is 3.16. The number of fused-ring (bicyclic) bond motifs is 1. The predicted molar refractivity (Wildman–Crippen MR) is 100 cm³/mol. The average Bonchev–Trinajstić information content (AvgIpc) is 3.02. The van der Waals surface area contributed by atoms with Gasteiger partial charge in [-0.3, -0.25) is 14.7 Å². The number of hydrogen-bond acceptors (Lipinski definition) is 6. The molecule has 0 bridgehead atoms. The van der Waals surface area contributed by atoms with E-state index >= 15 is 0 Å². The maximum Gasteiger partial charge on any atom is 0.285 e. The second-order valence-corrected chi connectivity index (χ2v) is 6.84. The Morgan fingerprint density at radius 1 is 1.04 bits per heavy atom. The Bertz CT molecular complexity index is 1060. The Labute approximate surface area is 155 Å². The molecule has 1 saturated heterocycles. The van der Waals surface area contributed by atoms with Gasteiger partial charge in [-0.25, -0.2) is 19.5 Å². The lowest BCUT2D eigenvalue weighted by Crippen LogP contribution is -2.50. The number of aryl methyl sites for hydroxylation is 3. The average molecular weight is 367 g/mol. The SMILES string of the molecule is Cc1cc(C)nc(N2CCN(C(=O)c3cnc4cc(C)[nH]n4c3=O)CC2)n1. The van der Waals surface area contributed by atoms with Crippen LogP contribution in [0.25, 0.3) is 5.65 Å². The van der Waals surface area contributed by atoms with Gasteiger partial charge in [0.15, 0.2) is 5.65 Å². The van der Waals surface area contributed by atoms with Crippen molar-refractivity contribution in [1.82, 2.24) is 29.5 Å². The molecule has 1 amide bonds. The minimum absolute atomic E-state index is 0.0745. The van der Waals surface area contributed by atoms with Crippen LogP contribution in [0.3, 0.4) is 0 Å². The number of amides is 1. The largest absolute Gasteiger partial charge is 0.337 e. The molecule has 1 fully saturated rings. The number of aromatic amines is 1.